The van der Waals surface area contributed by atoms with Gasteiger partial charge in [0.2, 0.25) is 5.62 Å². The predicted molar refractivity (Wildman–Crippen MR) is 187 cm³/mol. The molecule has 2 aromatic heterocycles. The molecule has 1 amide bonds. The monoisotopic (exact) mass is 642 g/mol. The Kier molecular flexibility index (Phi) is 9.62. The van der Waals surface area contributed by atoms with Crippen molar-refractivity contribution < 1.29 is 14.3 Å². The Morgan fingerprint density at radius 3 is 2.17 bits per heavy atom. The van der Waals surface area contributed by atoms with Crippen molar-refractivity contribution in [2.24, 2.45) is 4.99 Å². The number of amides is 1. The molecule has 0 radical (unpaired) electrons. The summed E-state index contributed by atoms with van der Waals surface area (Å²) >= 11 is 0. The summed E-state index contributed by atoms with van der Waals surface area (Å²) in [6.07, 6.45) is 1.19. The zero-order chi connectivity index (χ0) is 33.7. The van der Waals surface area contributed by atoms with Gasteiger partial charge >= 0.3 is 6.09 Å². The Bertz CT molecular complexity index is 1990. The van der Waals surface area contributed by atoms with Gasteiger partial charge in [0.25, 0.3) is 0 Å². The van der Waals surface area contributed by atoms with Gasteiger partial charge in [-0.1, -0.05) is 66.7 Å². The van der Waals surface area contributed by atoms with Gasteiger partial charge in [0.1, 0.15) is 23.7 Å². The lowest BCUT2D eigenvalue weighted by atomic mass is 10.1. The van der Waals surface area contributed by atoms with Crippen LogP contribution in [0.5, 0.6) is 5.75 Å². The molecule has 5 aromatic rings. The van der Waals surface area contributed by atoms with E-state index < -0.39 is 5.60 Å². The molecule has 0 aliphatic carbocycles. The number of piperidine rings is 1. The highest BCUT2D eigenvalue weighted by Gasteiger charge is 2.27. The summed E-state index contributed by atoms with van der Waals surface area (Å²) in [6.45, 7) is 17.7. The number of benzene rings is 3. The van der Waals surface area contributed by atoms with Crippen molar-refractivity contribution in [3.05, 3.63) is 131 Å². The largest absolute Gasteiger partial charge is 0.487 e. The van der Waals surface area contributed by atoms with Gasteiger partial charge < -0.3 is 23.5 Å². The second kappa shape index (κ2) is 14.2. The molecule has 0 atom stereocenters. The van der Waals surface area contributed by atoms with Gasteiger partial charge in [0.15, 0.2) is 5.69 Å². The molecule has 9 nitrogen and oxygen atoms in total. The van der Waals surface area contributed by atoms with Gasteiger partial charge in [-0.05, 0) is 75.9 Å². The average Bonchev–Trinajstić information content (AvgIpc) is 3.36. The van der Waals surface area contributed by atoms with E-state index >= 15 is 0 Å². The first kappa shape index (κ1) is 32.6. The fourth-order valence-corrected chi connectivity index (χ4v) is 5.99. The minimum absolute atomic E-state index is 0.0155. The Balaban J connectivity index is 1.39. The van der Waals surface area contributed by atoms with E-state index in [0.29, 0.717) is 38.5 Å². The third kappa shape index (κ3) is 7.77. The van der Waals surface area contributed by atoms with Crippen LogP contribution in [0.15, 0.2) is 96.0 Å². The normalized spacial score (nSPS) is 14.2. The lowest BCUT2D eigenvalue weighted by Gasteiger charge is -2.32. The summed E-state index contributed by atoms with van der Waals surface area (Å²) in [7, 11) is 0. The highest BCUT2D eigenvalue weighted by atomic mass is 16.6. The number of nitrogens with zero attached hydrogens (tertiary/aromatic N) is 6. The molecule has 0 spiro atoms. The van der Waals surface area contributed by atoms with E-state index in [0.717, 1.165) is 57.8 Å². The first-order chi connectivity index (χ1) is 23.2. The second-order valence-corrected chi connectivity index (χ2v) is 13.2. The number of carbonyl (C=O) groups excluding carboxylic acids is 1. The molecule has 0 bridgehead atoms. The Morgan fingerprint density at radius 2 is 1.52 bits per heavy atom. The van der Waals surface area contributed by atoms with Crippen LogP contribution in [0, 0.1) is 13.5 Å². The number of imidazole rings is 1. The van der Waals surface area contributed by atoms with Gasteiger partial charge in [0, 0.05) is 18.8 Å². The van der Waals surface area contributed by atoms with Gasteiger partial charge in [-0.3, -0.25) is 4.98 Å². The zero-order valence-electron chi connectivity index (χ0n) is 28.1. The summed E-state index contributed by atoms with van der Waals surface area (Å²) in [5, 5.41) is 0. The number of hydrogen-bond donors (Lipinski definition) is 0. The lowest BCUT2D eigenvalue weighted by Crippen LogP contribution is -2.43. The molecule has 1 aliphatic heterocycles. The van der Waals surface area contributed by atoms with Crippen LogP contribution in [0.2, 0.25) is 0 Å². The van der Waals surface area contributed by atoms with Crippen LogP contribution in [0.4, 0.5) is 10.5 Å². The molecule has 0 saturated carbocycles. The van der Waals surface area contributed by atoms with Crippen molar-refractivity contribution in [3.8, 4) is 5.75 Å². The molecule has 1 aliphatic rings. The van der Waals surface area contributed by atoms with E-state index in [4.69, 9.17) is 26.0 Å². The quantitative estimate of drug-likeness (QED) is 0.163. The zero-order valence-corrected chi connectivity index (χ0v) is 28.1. The maximum atomic E-state index is 12.8. The Hall–Kier alpha value is -5.36. The minimum atomic E-state index is -0.536. The molecule has 0 unspecified atom stereocenters. The number of carbonyl (C=O) groups is 1. The SMILES string of the molecule is [C-]#[N+]c1ccc(Cn2/c(=N\C3CCN(C(=O)OC(C)(C)C)CC3)n(Cc3nc(C)ccc3OCc3ccccc3)c3ccccc32)cc1. The molecule has 6 rings (SSSR count). The van der Waals surface area contributed by atoms with E-state index in [2.05, 4.69) is 38.2 Å². The standard InChI is InChI=1S/C39H42N6O3/c1-28-15-20-36(47-27-30-11-7-6-8-12-30)33(41-28)26-45-35-14-10-9-13-34(35)44(25-29-16-18-31(40-5)19-17-29)37(45)42-32-21-23-43(24-22-32)38(46)48-39(2,3)4/h6-20,32H,21-27H2,1-4H3/b42-37+. The number of hydrogen-bond acceptors (Lipinski definition) is 5. The Labute approximate surface area is 281 Å². The minimum Gasteiger partial charge on any atom is -0.487 e. The number of para-hydroxylation sites is 2. The highest BCUT2D eigenvalue weighted by Crippen LogP contribution is 2.24. The lowest BCUT2D eigenvalue weighted by molar-refractivity contribution is 0.0206. The first-order valence-corrected chi connectivity index (χ1v) is 16.5. The molecule has 1 fully saturated rings. The number of pyridine rings is 1. The number of ether oxygens (including phenoxy) is 2. The topological polar surface area (TPSA) is 78.2 Å². The van der Waals surface area contributed by atoms with E-state index in [1.54, 1.807) is 4.90 Å². The number of fused-ring (bicyclic) bond motifs is 1. The molecular weight excluding hydrogens is 600 g/mol. The highest BCUT2D eigenvalue weighted by molar-refractivity contribution is 5.76. The average molecular weight is 643 g/mol. The summed E-state index contributed by atoms with van der Waals surface area (Å²) in [5.41, 5.74) is 6.91. The molecule has 0 N–H and O–H groups in total. The number of aryl methyl sites for hydroxylation is 1. The maximum absolute atomic E-state index is 12.8. The van der Waals surface area contributed by atoms with Crippen molar-refractivity contribution in [2.45, 2.75) is 71.9 Å². The smallest absolute Gasteiger partial charge is 0.410 e. The van der Waals surface area contributed by atoms with Crippen molar-refractivity contribution in [1.82, 2.24) is 19.0 Å². The number of likely N-dealkylation sites (tertiary alicyclic amines) is 1. The number of rotatable bonds is 8. The summed E-state index contributed by atoms with van der Waals surface area (Å²) in [6, 6.07) is 30.2. The van der Waals surface area contributed by atoms with Crippen molar-refractivity contribution in [2.75, 3.05) is 13.1 Å². The first-order valence-electron chi connectivity index (χ1n) is 16.5. The molecule has 3 aromatic carbocycles. The van der Waals surface area contributed by atoms with Gasteiger partial charge in [-0.15, -0.1) is 0 Å². The van der Waals surface area contributed by atoms with E-state index in [-0.39, 0.29) is 12.1 Å². The third-order valence-corrected chi connectivity index (χ3v) is 8.38. The molecule has 246 valence electrons. The molecule has 9 heteroatoms. The Morgan fingerprint density at radius 1 is 0.875 bits per heavy atom. The molecule has 3 heterocycles. The van der Waals surface area contributed by atoms with Gasteiger partial charge in [0.05, 0.1) is 36.7 Å². The fraction of sp³-hybridized carbons (Fsp3) is 0.333. The van der Waals surface area contributed by atoms with Crippen molar-refractivity contribution in [3.63, 3.8) is 0 Å². The van der Waals surface area contributed by atoms with Crippen molar-refractivity contribution >= 4 is 22.8 Å². The predicted octanol–water partition coefficient (Wildman–Crippen LogP) is 7.67. The molecular formula is C39H42N6O3. The van der Waals surface area contributed by atoms with Gasteiger partial charge in [-0.25, -0.2) is 14.6 Å². The van der Waals surface area contributed by atoms with Crippen LogP contribution in [0.25, 0.3) is 15.9 Å². The van der Waals surface area contributed by atoms with Crippen LogP contribution in [0.3, 0.4) is 0 Å². The summed E-state index contributed by atoms with van der Waals surface area (Å²) in [5.74, 6) is 0.736. The van der Waals surface area contributed by atoms with Crippen LogP contribution >= 0.6 is 0 Å². The second-order valence-electron chi connectivity index (χ2n) is 13.2. The fourth-order valence-electron chi connectivity index (χ4n) is 5.99. The van der Waals surface area contributed by atoms with E-state index in [1.807, 2.05) is 94.4 Å². The molecule has 1 saturated heterocycles. The van der Waals surface area contributed by atoms with Gasteiger partial charge in [-0.2, -0.15) is 0 Å². The van der Waals surface area contributed by atoms with E-state index in [1.165, 1.54) is 0 Å². The summed E-state index contributed by atoms with van der Waals surface area (Å²) in [4.78, 5) is 28.5. The third-order valence-electron chi connectivity index (χ3n) is 8.38. The van der Waals surface area contributed by atoms with E-state index in [9.17, 15) is 4.79 Å². The van der Waals surface area contributed by atoms with Crippen LogP contribution < -0.4 is 10.4 Å². The maximum Gasteiger partial charge on any atom is 0.410 e. The number of aromatic nitrogens is 3. The van der Waals surface area contributed by atoms with Crippen LogP contribution in [-0.4, -0.2) is 49.8 Å². The molecule has 48 heavy (non-hydrogen) atoms. The van der Waals surface area contributed by atoms with Crippen molar-refractivity contribution in [1.29, 1.82) is 0 Å². The van der Waals surface area contributed by atoms with Crippen LogP contribution in [-0.2, 0) is 24.4 Å². The summed E-state index contributed by atoms with van der Waals surface area (Å²) < 4.78 is 16.5. The van der Waals surface area contributed by atoms with Crippen LogP contribution in [0.1, 0.15) is 56.1 Å².